The average molecular weight is 266 g/mol. The highest BCUT2D eigenvalue weighted by Crippen LogP contribution is 2.43. The molecule has 0 aromatic heterocycles. The number of rotatable bonds is 3. The molecule has 0 bridgehead atoms. The zero-order valence-electron chi connectivity index (χ0n) is 13.5. The van der Waals surface area contributed by atoms with Crippen LogP contribution in [0.2, 0.25) is 0 Å². The lowest BCUT2D eigenvalue weighted by Gasteiger charge is -2.55. The van der Waals surface area contributed by atoms with Crippen LogP contribution in [0.4, 0.5) is 0 Å². The lowest BCUT2D eigenvalue weighted by molar-refractivity contribution is -0.0450. The summed E-state index contributed by atoms with van der Waals surface area (Å²) in [6, 6.07) is 0. The zero-order chi connectivity index (χ0) is 14.0. The third-order valence-corrected chi connectivity index (χ3v) is 6.19. The van der Waals surface area contributed by atoms with Crippen molar-refractivity contribution in [3.63, 3.8) is 0 Å². The first-order chi connectivity index (χ1) is 9.01. The predicted octanol–water partition coefficient (Wildman–Crippen LogP) is 3.51. The molecule has 0 amide bonds. The van der Waals surface area contributed by atoms with Gasteiger partial charge >= 0.3 is 0 Å². The Morgan fingerprint density at radius 2 is 1.89 bits per heavy atom. The van der Waals surface area contributed by atoms with E-state index in [1.54, 1.807) is 0 Å². The highest BCUT2D eigenvalue weighted by atomic mass is 15.2. The van der Waals surface area contributed by atoms with Crippen molar-refractivity contribution in [2.45, 2.75) is 65.3 Å². The van der Waals surface area contributed by atoms with Gasteiger partial charge < -0.3 is 5.73 Å². The van der Waals surface area contributed by atoms with Gasteiger partial charge in [0.2, 0.25) is 0 Å². The molecule has 4 atom stereocenters. The van der Waals surface area contributed by atoms with Gasteiger partial charge in [0, 0.05) is 18.6 Å². The molecule has 4 unspecified atom stereocenters. The minimum absolute atomic E-state index is 0.306. The minimum Gasteiger partial charge on any atom is -0.329 e. The van der Waals surface area contributed by atoms with Gasteiger partial charge in [-0.05, 0) is 49.5 Å². The van der Waals surface area contributed by atoms with Crippen LogP contribution in [0, 0.1) is 23.7 Å². The van der Waals surface area contributed by atoms with E-state index >= 15 is 0 Å². The van der Waals surface area contributed by atoms with Crippen LogP contribution in [-0.4, -0.2) is 30.1 Å². The summed E-state index contributed by atoms with van der Waals surface area (Å²) in [5, 5.41) is 0. The first-order valence-corrected chi connectivity index (χ1v) is 8.46. The molecule has 19 heavy (non-hydrogen) atoms. The fourth-order valence-corrected chi connectivity index (χ4v) is 4.65. The van der Waals surface area contributed by atoms with Gasteiger partial charge in [-0.3, -0.25) is 4.90 Å². The Kier molecular flexibility index (Phi) is 4.94. The molecule has 0 spiro atoms. The zero-order valence-corrected chi connectivity index (χ0v) is 13.5. The second-order valence-corrected chi connectivity index (χ2v) is 7.59. The number of nitrogens with zero attached hydrogens (tertiary/aromatic N) is 1. The Morgan fingerprint density at radius 3 is 2.47 bits per heavy atom. The van der Waals surface area contributed by atoms with Crippen molar-refractivity contribution in [2.75, 3.05) is 19.6 Å². The molecular weight excluding hydrogens is 232 g/mol. The quantitative estimate of drug-likeness (QED) is 0.847. The Morgan fingerprint density at radius 1 is 1.16 bits per heavy atom. The maximum Gasteiger partial charge on any atom is 0.0362 e. The number of hydrogen-bond acceptors (Lipinski definition) is 2. The van der Waals surface area contributed by atoms with E-state index in [1.807, 2.05) is 0 Å². The van der Waals surface area contributed by atoms with Crippen LogP contribution in [0.3, 0.4) is 0 Å². The van der Waals surface area contributed by atoms with E-state index in [-0.39, 0.29) is 0 Å². The van der Waals surface area contributed by atoms with E-state index in [0.717, 1.165) is 30.2 Å². The molecule has 1 saturated carbocycles. The Hall–Kier alpha value is -0.0800. The largest absolute Gasteiger partial charge is 0.329 e. The van der Waals surface area contributed by atoms with Crippen LogP contribution in [0.1, 0.15) is 59.8 Å². The molecule has 2 fully saturated rings. The molecule has 1 heterocycles. The number of nitrogens with two attached hydrogens (primary N) is 1. The first-order valence-electron chi connectivity index (χ1n) is 8.46. The van der Waals surface area contributed by atoms with Crippen molar-refractivity contribution in [1.82, 2.24) is 4.90 Å². The summed E-state index contributed by atoms with van der Waals surface area (Å²) in [7, 11) is 0. The van der Waals surface area contributed by atoms with Crippen LogP contribution in [0.5, 0.6) is 0 Å². The summed E-state index contributed by atoms with van der Waals surface area (Å²) in [6.45, 7) is 13.0. The molecule has 2 aliphatic rings. The maximum absolute atomic E-state index is 6.34. The molecule has 1 aliphatic heterocycles. The second kappa shape index (κ2) is 6.13. The first kappa shape index (κ1) is 15.3. The lowest BCUT2D eigenvalue weighted by Crippen LogP contribution is -2.63. The summed E-state index contributed by atoms with van der Waals surface area (Å²) in [4.78, 5) is 2.79. The SMILES string of the molecule is CC(C)C1CCCCC1(CN)N1CCC(C)C(C)C1. The normalized spacial score (nSPS) is 41.7. The molecule has 2 N–H and O–H groups in total. The van der Waals surface area contributed by atoms with Crippen molar-refractivity contribution in [1.29, 1.82) is 0 Å². The van der Waals surface area contributed by atoms with Crippen molar-refractivity contribution >= 4 is 0 Å². The van der Waals surface area contributed by atoms with Gasteiger partial charge in [-0.2, -0.15) is 0 Å². The molecular formula is C17H34N2. The number of hydrogen-bond donors (Lipinski definition) is 1. The predicted molar refractivity (Wildman–Crippen MR) is 83.1 cm³/mol. The highest BCUT2D eigenvalue weighted by Gasteiger charge is 2.46. The molecule has 1 saturated heterocycles. The van der Waals surface area contributed by atoms with Gasteiger partial charge in [0.25, 0.3) is 0 Å². The van der Waals surface area contributed by atoms with E-state index in [0.29, 0.717) is 5.54 Å². The van der Waals surface area contributed by atoms with Gasteiger partial charge in [-0.25, -0.2) is 0 Å². The van der Waals surface area contributed by atoms with Gasteiger partial charge in [-0.15, -0.1) is 0 Å². The summed E-state index contributed by atoms with van der Waals surface area (Å²) in [5.41, 5.74) is 6.64. The summed E-state index contributed by atoms with van der Waals surface area (Å²) >= 11 is 0. The van der Waals surface area contributed by atoms with Crippen LogP contribution in [-0.2, 0) is 0 Å². The van der Waals surface area contributed by atoms with Crippen LogP contribution < -0.4 is 5.73 Å². The fourth-order valence-electron chi connectivity index (χ4n) is 4.65. The Bertz CT molecular complexity index is 289. The molecule has 1 aliphatic carbocycles. The summed E-state index contributed by atoms with van der Waals surface area (Å²) in [6.07, 6.45) is 6.85. The van der Waals surface area contributed by atoms with E-state index in [2.05, 4.69) is 32.6 Å². The minimum atomic E-state index is 0.306. The van der Waals surface area contributed by atoms with Crippen molar-refractivity contribution < 1.29 is 0 Å². The summed E-state index contributed by atoms with van der Waals surface area (Å²) in [5.74, 6) is 3.27. The molecule has 112 valence electrons. The Balaban J connectivity index is 2.19. The van der Waals surface area contributed by atoms with Crippen molar-refractivity contribution in [3.8, 4) is 0 Å². The van der Waals surface area contributed by atoms with Gasteiger partial charge in [-0.1, -0.05) is 40.5 Å². The summed E-state index contributed by atoms with van der Waals surface area (Å²) < 4.78 is 0. The molecule has 0 aromatic rings. The smallest absolute Gasteiger partial charge is 0.0362 e. The standard InChI is InChI=1S/C17H34N2/c1-13(2)16-7-5-6-9-17(16,12-18)19-10-8-14(3)15(4)11-19/h13-16H,5-12,18H2,1-4H3. The molecule has 0 aromatic carbocycles. The topological polar surface area (TPSA) is 29.3 Å². The van der Waals surface area contributed by atoms with E-state index in [9.17, 15) is 0 Å². The third-order valence-electron chi connectivity index (χ3n) is 6.19. The van der Waals surface area contributed by atoms with Gasteiger partial charge in [0.1, 0.15) is 0 Å². The van der Waals surface area contributed by atoms with Gasteiger partial charge in [0.15, 0.2) is 0 Å². The molecule has 2 heteroatoms. The molecule has 2 nitrogen and oxygen atoms in total. The highest BCUT2D eigenvalue weighted by molar-refractivity contribution is 5.02. The van der Waals surface area contributed by atoms with E-state index in [4.69, 9.17) is 5.73 Å². The van der Waals surface area contributed by atoms with Crippen LogP contribution in [0.25, 0.3) is 0 Å². The van der Waals surface area contributed by atoms with Crippen LogP contribution in [0.15, 0.2) is 0 Å². The molecule has 2 rings (SSSR count). The van der Waals surface area contributed by atoms with Crippen molar-refractivity contribution in [2.24, 2.45) is 29.4 Å². The second-order valence-electron chi connectivity index (χ2n) is 7.59. The number of likely N-dealkylation sites (tertiary alicyclic amines) is 1. The monoisotopic (exact) mass is 266 g/mol. The maximum atomic E-state index is 6.34. The van der Waals surface area contributed by atoms with Gasteiger partial charge in [0.05, 0.1) is 0 Å². The lowest BCUT2D eigenvalue weighted by atomic mass is 9.66. The fraction of sp³-hybridized carbons (Fsp3) is 1.00. The average Bonchev–Trinajstić information content (AvgIpc) is 2.41. The van der Waals surface area contributed by atoms with E-state index < -0.39 is 0 Å². The Labute approximate surface area is 120 Å². The van der Waals surface area contributed by atoms with E-state index in [1.165, 1.54) is 45.2 Å². The van der Waals surface area contributed by atoms with Crippen LogP contribution >= 0.6 is 0 Å². The molecule has 0 radical (unpaired) electrons. The van der Waals surface area contributed by atoms with Crippen molar-refractivity contribution in [3.05, 3.63) is 0 Å². The number of piperidine rings is 1. The third kappa shape index (κ3) is 2.85.